The summed E-state index contributed by atoms with van der Waals surface area (Å²) in [5, 5.41) is 9.34. The summed E-state index contributed by atoms with van der Waals surface area (Å²) in [6.45, 7) is 0. The maximum atomic E-state index is 11.8. The second-order valence-corrected chi connectivity index (χ2v) is 3.77. The first kappa shape index (κ1) is 10.8. The molecule has 0 aromatic rings. The lowest BCUT2D eigenvalue weighted by molar-refractivity contribution is -0.136. The van der Waals surface area contributed by atoms with E-state index in [1.807, 2.05) is 0 Å². The van der Waals surface area contributed by atoms with Crippen molar-refractivity contribution in [2.24, 2.45) is 5.92 Å². The molecule has 0 aliphatic heterocycles. The molecule has 78 valence electrons. The summed E-state index contributed by atoms with van der Waals surface area (Å²) >= 11 is 0. The highest BCUT2D eigenvalue weighted by Crippen LogP contribution is 2.31. The van der Waals surface area contributed by atoms with Gasteiger partial charge in [-0.2, -0.15) is 13.2 Å². The predicted octanol–water partition coefficient (Wildman–Crippen LogP) is 2.88. The Morgan fingerprint density at radius 3 is 2.38 bits per heavy atom. The summed E-state index contributed by atoms with van der Waals surface area (Å²) in [7, 11) is 0. The van der Waals surface area contributed by atoms with Gasteiger partial charge in [-0.3, -0.25) is 0 Å². The molecule has 0 amide bonds. The number of hydrogen-bond donors (Lipinski definition) is 1. The zero-order chi connectivity index (χ0) is 9.90. The molecule has 1 aliphatic carbocycles. The molecule has 0 heterocycles. The summed E-state index contributed by atoms with van der Waals surface area (Å²) in [5.74, 6) is 0.113. The Morgan fingerprint density at radius 2 is 1.92 bits per heavy atom. The van der Waals surface area contributed by atoms with Gasteiger partial charge in [-0.05, 0) is 31.6 Å². The van der Waals surface area contributed by atoms with E-state index in [1.165, 1.54) is 0 Å². The molecule has 1 fully saturated rings. The fourth-order valence-electron chi connectivity index (χ4n) is 1.92. The molecule has 1 rings (SSSR count). The molecule has 0 saturated heterocycles. The van der Waals surface area contributed by atoms with Crippen LogP contribution in [0, 0.1) is 5.92 Å². The number of hydrogen-bond acceptors (Lipinski definition) is 1. The highest BCUT2D eigenvalue weighted by molar-refractivity contribution is 4.76. The summed E-state index contributed by atoms with van der Waals surface area (Å²) in [6.07, 6.45) is -1.83. The van der Waals surface area contributed by atoms with Gasteiger partial charge in [-0.25, -0.2) is 0 Å². The lowest BCUT2D eigenvalue weighted by Crippen LogP contribution is -2.14. The van der Waals surface area contributed by atoms with Crippen molar-refractivity contribution in [3.8, 4) is 0 Å². The standard InChI is InChI=1S/C9H15F3O/c10-9(11,12)6-2-4-7-3-1-5-8(7)13/h7-8,13H,1-6H2/t7-,8+/m0/s1. The Labute approximate surface area is 75.9 Å². The highest BCUT2D eigenvalue weighted by Gasteiger charge is 2.29. The largest absolute Gasteiger partial charge is 0.393 e. The first-order chi connectivity index (χ1) is 5.99. The molecule has 1 aliphatic rings. The maximum absolute atomic E-state index is 11.8. The van der Waals surface area contributed by atoms with Gasteiger partial charge in [-0.15, -0.1) is 0 Å². The number of rotatable bonds is 3. The van der Waals surface area contributed by atoms with Crippen LogP contribution in [-0.2, 0) is 0 Å². The van der Waals surface area contributed by atoms with Crippen LogP contribution in [0.15, 0.2) is 0 Å². The van der Waals surface area contributed by atoms with Crippen molar-refractivity contribution in [3.05, 3.63) is 0 Å². The molecule has 0 aromatic carbocycles. The molecule has 0 unspecified atom stereocenters. The van der Waals surface area contributed by atoms with Crippen molar-refractivity contribution in [2.45, 2.75) is 50.8 Å². The molecule has 4 heteroatoms. The van der Waals surface area contributed by atoms with Crippen LogP contribution in [0.1, 0.15) is 38.5 Å². The average Bonchev–Trinajstić information content (AvgIpc) is 2.34. The Balaban J connectivity index is 2.12. The molecule has 1 N–H and O–H groups in total. The van der Waals surface area contributed by atoms with Crippen LogP contribution in [-0.4, -0.2) is 17.4 Å². The Kier molecular flexibility index (Phi) is 3.59. The lowest BCUT2D eigenvalue weighted by Gasteiger charge is -2.14. The molecule has 2 atom stereocenters. The monoisotopic (exact) mass is 196 g/mol. The van der Waals surface area contributed by atoms with Crippen LogP contribution >= 0.6 is 0 Å². The van der Waals surface area contributed by atoms with Crippen LogP contribution in [0.2, 0.25) is 0 Å². The lowest BCUT2D eigenvalue weighted by atomic mass is 9.98. The molecule has 0 radical (unpaired) electrons. The van der Waals surface area contributed by atoms with E-state index in [2.05, 4.69) is 0 Å². The van der Waals surface area contributed by atoms with Crippen molar-refractivity contribution in [1.29, 1.82) is 0 Å². The van der Waals surface area contributed by atoms with Gasteiger partial charge in [0.1, 0.15) is 0 Å². The second kappa shape index (κ2) is 4.31. The van der Waals surface area contributed by atoms with Gasteiger partial charge in [-0.1, -0.05) is 6.42 Å². The third kappa shape index (κ3) is 3.98. The Bertz CT molecular complexity index is 155. The van der Waals surface area contributed by atoms with E-state index in [0.29, 0.717) is 6.42 Å². The first-order valence-electron chi connectivity index (χ1n) is 4.74. The molecule has 13 heavy (non-hydrogen) atoms. The third-order valence-corrected chi connectivity index (χ3v) is 2.65. The molecular weight excluding hydrogens is 181 g/mol. The van der Waals surface area contributed by atoms with E-state index in [-0.39, 0.29) is 18.4 Å². The molecule has 1 saturated carbocycles. The Hall–Kier alpha value is -0.250. The first-order valence-corrected chi connectivity index (χ1v) is 4.74. The number of halogens is 3. The van der Waals surface area contributed by atoms with E-state index in [4.69, 9.17) is 0 Å². The molecule has 0 aromatic heterocycles. The molecule has 0 spiro atoms. The van der Waals surface area contributed by atoms with Gasteiger partial charge in [0.25, 0.3) is 0 Å². The van der Waals surface area contributed by atoms with Crippen molar-refractivity contribution in [1.82, 2.24) is 0 Å². The van der Waals surface area contributed by atoms with Crippen molar-refractivity contribution < 1.29 is 18.3 Å². The molecular formula is C9H15F3O. The summed E-state index contributed by atoms with van der Waals surface area (Å²) in [5.41, 5.74) is 0. The van der Waals surface area contributed by atoms with Crippen LogP contribution in [0.5, 0.6) is 0 Å². The van der Waals surface area contributed by atoms with E-state index >= 15 is 0 Å². The normalized spacial score (nSPS) is 29.5. The number of alkyl halides is 3. The quantitative estimate of drug-likeness (QED) is 0.735. The third-order valence-electron chi connectivity index (χ3n) is 2.65. The van der Waals surface area contributed by atoms with Gasteiger partial charge < -0.3 is 5.11 Å². The summed E-state index contributed by atoms with van der Waals surface area (Å²) < 4.78 is 35.3. The minimum Gasteiger partial charge on any atom is -0.393 e. The van der Waals surface area contributed by atoms with Crippen LogP contribution < -0.4 is 0 Å². The van der Waals surface area contributed by atoms with Crippen molar-refractivity contribution in [3.63, 3.8) is 0 Å². The van der Waals surface area contributed by atoms with E-state index in [9.17, 15) is 18.3 Å². The van der Waals surface area contributed by atoms with Crippen molar-refractivity contribution in [2.75, 3.05) is 0 Å². The highest BCUT2D eigenvalue weighted by atomic mass is 19.4. The zero-order valence-electron chi connectivity index (χ0n) is 7.48. The molecule has 0 bridgehead atoms. The topological polar surface area (TPSA) is 20.2 Å². The SMILES string of the molecule is O[C@@H]1CCC[C@H]1CCCC(F)(F)F. The average molecular weight is 196 g/mol. The van der Waals surface area contributed by atoms with Gasteiger partial charge in [0.15, 0.2) is 0 Å². The number of aliphatic hydroxyl groups excluding tert-OH is 1. The van der Waals surface area contributed by atoms with Crippen LogP contribution in [0.3, 0.4) is 0 Å². The minimum absolute atomic E-state index is 0.113. The van der Waals surface area contributed by atoms with Gasteiger partial charge in [0, 0.05) is 6.42 Å². The number of aliphatic hydroxyl groups is 1. The van der Waals surface area contributed by atoms with Crippen molar-refractivity contribution >= 4 is 0 Å². The van der Waals surface area contributed by atoms with E-state index in [0.717, 1.165) is 19.3 Å². The fraction of sp³-hybridized carbons (Fsp3) is 1.00. The molecule has 1 nitrogen and oxygen atoms in total. The smallest absolute Gasteiger partial charge is 0.389 e. The maximum Gasteiger partial charge on any atom is 0.389 e. The minimum atomic E-state index is -4.04. The predicted molar refractivity (Wildman–Crippen MR) is 43.3 cm³/mol. The fourth-order valence-corrected chi connectivity index (χ4v) is 1.92. The zero-order valence-corrected chi connectivity index (χ0v) is 7.48. The second-order valence-electron chi connectivity index (χ2n) is 3.77. The van der Waals surface area contributed by atoms with Crippen LogP contribution in [0.25, 0.3) is 0 Å². The van der Waals surface area contributed by atoms with Gasteiger partial charge in [0.2, 0.25) is 0 Å². The van der Waals surface area contributed by atoms with Crippen LogP contribution in [0.4, 0.5) is 13.2 Å². The Morgan fingerprint density at radius 1 is 1.23 bits per heavy atom. The van der Waals surface area contributed by atoms with E-state index < -0.39 is 12.6 Å². The summed E-state index contributed by atoms with van der Waals surface area (Å²) in [6, 6.07) is 0. The van der Waals surface area contributed by atoms with E-state index in [1.54, 1.807) is 0 Å². The summed E-state index contributed by atoms with van der Waals surface area (Å²) in [4.78, 5) is 0. The van der Waals surface area contributed by atoms with Gasteiger partial charge >= 0.3 is 6.18 Å². The van der Waals surface area contributed by atoms with Gasteiger partial charge in [0.05, 0.1) is 6.10 Å².